The topological polar surface area (TPSA) is 47.3 Å². The smallest absolute Gasteiger partial charge is 0.125 e. The van der Waals surface area contributed by atoms with E-state index in [2.05, 4.69) is 17.1 Å². The average molecular weight is 308 g/mol. The van der Waals surface area contributed by atoms with Crippen LogP contribution in [-0.2, 0) is 6.54 Å². The summed E-state index contributed by atoms with van der Waals surface area (Å²) in [4.78, 5) is 4.38. The molecule has 118 valence electrons. The van der Waals surface area contributed by atoms with E-state index in [4.69, 9.17) is 4.74 Å². The van der Waals surface area contributed by atoms with Crippen molar-refractivity contribution in [1.29, 1.82) is 0 Å². The summed E-state index contributed by atoms with van der Waals surface area (Å²) < 4.78 is 7.40. The van der Waals surface area contributed by atoms with Gasteiger partial charge in [0.15, 0.2) is 0 Å². The van der Waals surface area contributed by atoms with Gasteiger partial charge < -0.3 is 14.4 Å². The van der Waals surface area contributed by atoms with Crippen molar-refractivity contribution in [1.82, 2.24) is 9.55 Å². The first-order valence-electron chi connectivity index (χ1n) is 7.57. The highest BCUT2D eigenvalue weighted by molar-refractivity contribution is 5.39. The van der Waals surface area contributed by atoms with Gasteiger partial charge in [-0.05, 0) is 18.6 Å². The number of nitrogens with zero attached hydrogens (tertiary/aromatic N) is 2. The van der Waals surface area contributed by atoms with Crippen LogP contribution < -0.4 is 4.74 Å². The van der Waals surface area contributed by atoms with E-state index in [1.54, 1.807) is 13.3 Å². The summed E-state index contributed by atoms with van der Waals surface area (Å²) in [7, 11) is 1.61. The number of imidazole rings is 1. The Morgan fingerprint density at radius 1 is 1.09 bits per heavy atom. The van der Waals surface area contributed by atoms with Crippen LogP contribution in [0.3, 0.4) is 0 Å². The molecule has 0 saturated heterocycles. The van der Waals surface area contributed by atoms with E-state index in [9.17, 15) is 5.11 Å². The second-order valence-electron chi connectivity index (χ2n) is 5.45. The zero-order valence-electron chi connectivity index (χ0n) is 13.3. The van der Waals surface area contributed by atoms with Gasteiger partial charge in [0.05, 0.1) is 19.0 Å². The molecule has 0 amide bonds. The maximum Gasteiger partial charge on any atom is 0.125 e. The second kappa shape index (κ2) is 6.67. The van der Waals surface area contributed by atoms with Gasteiger partial charge in [-0.15, -0.1) is 0 Å². The van der Waals surface area contributed by atoms with Crippen molar-refractivity contribution in [2.45, 2.75) is 19.6 Å². The molecule has 1 N–H and O–H groups in total. The average Bonchev–Trinajstić information content (AvgIpc) is 2.96. The lowest BCUT2D eigenvalue weighted by molar-refractivity contribution is 0.205. The van der Waals surface area contributed by atoms with Crippen LogP contribution in [0.2, 0.25) is 0 Å². The minimum Gasteiger partial charge on any atom is -0.496 e. The number of rotatable bonds is 5. The fourth-order valence-corrected chi connectivity index (χ4v) is 2.73. The summed E-state index contributed by atoms with van der Waals surface area (Å²) in [6.07, 6.45) is 0.950. The molecule has 0 aliphatic carbocycles. The molecular formula is C19H20N2O2. The minimum absolute atomic E-state index is 0.671. The van der Waals surface area contributed by atoms with E-state index in [-0.39, 0.29) is 0 Å². The fraction of sp³-hybridized carbons (Fsp3) is 0.211. The zero-order chi connectivity index (χ0) is 16.2. The summed E-state index contributed by atoms with van der Waals surface area (Å²) in [6.45, 7) is 2.62. The first-order valence-corrected chi connectivity index (χ1v) is 7.57. The fourth-order valence-electron chi connectivity index (χ4n) is 2.73. The Kier molecular flexibility index (Phi) is 4.44. The Bertz CT molecular complexity index is 781. The number of aryl methyl sites for hydroxylation is 1. The van der Waals surface area contributed by atoms with E-state index in [0.29, 0.717) is 12.3 Å². The van der Waals surface area contributed by atoms with Crippen LogP contribution in [0.4, 0.5) is 0 Å². The molecule has 2 aromatic carbocycles. The van der Waals surface area contributed by atoms with Gasteiger partial charge in [0.25, 0.3) is 0 Å². The van der Waals surface area contributed by atoms with Crippen molar-refractivity contribution in [3.05, 3.63) is 83.4 Å². The summed E-state index contributed by atoms with van der Waals surface area (Å²) in [5, 5.41) is 10.8. The lowest BCUT2D eigenvalue weighted by Crippen LogP contribution is -2.12. The monoisotopic (exact) mass is 308 g/mol. The van der Waals surface area contributed by atoms with Crippen LogP contribution in [-0.4, -0.2) is 21.8 Å². The number of methoxy groups -OCH3 is 1. The van der Waals surface area contributed by atoms with Gasteiger partial charge in [-0.1, -0.05) is 48.5 Å². The standard InChI is InChI=1S/C19H20N2O2/c1-14-20-12-17(21(14)13-15-8-4-3-5-9-15)19(22)16-10-6-7-11-18(16)23-2/h3-12,19,22H,13H2,1-2H3/t19-/m1/s1. The highest BCUT2D eigenvalue weighted by Gasteiger charge is 2.20. The van der Waals surface area contributed by atoms with Crippen molar-refractivity contribution in [3.8, 4) is 5.75 Å². The molecule has 3 rings (SSSR count). The summed E-state index contributed by atoms with van der Waals surface area (Å²) >= 11 is 0. The van der Waals surface area contributed by atoms with Gasteiger partial charge in [0.1, 0.15) is 17.7 Å². The van der Waals surface area contributed by atoms with Crippen LogP contribution in [0.15, 0.2) is 60.8 Å². The van der Waals surface area contributed by atoms with Crippen LogP contribution in [0, 0.1) is 6.92 Å². The SMILES string of the molecule is COc1ccccc1[C@@H](O)c1cnc(C)n1Cc1ccccc1. The molecule has 0 bridgehead atoms. The zero-order valence-corrected chi connectivity index (χ0v) is 13.3. The maximum absolute atomic E-state index is 10.8. The molecule has 1 heterocycles. The van der Waals surface area contributed by atoms with E-state index in [1.807, 2.05) is 54.0 Å². The molecular weight excluding hydrogens is 288 g/mol. The Hall–Kier alpha value is -2.59. The Morgan fingerprint density at radius 2 is 1.78 bits per heavy atom. The van der Waals surface area contributed by atoms with Crippen molar-refractivity contribution in [3.63, 3.8) is 0 Å². The van der Waals surface area contributed by atoms with Crippen LogP contribution in [0.5, 0.6) is 5.75 Å². The number of ether oxygens (including phenoxy) is 1. The third kappa shape index (κ3) is 3.12. The normalized spacial score (nSPS) is 12.1. The predicted octanol–water partition coefficient (Wildman–Crippen LogP) is 3.33. The number of hydrogen-bond acceptors (Lipinski definition) is 3. The van der Waals surface area contributed by atoms with Gasteiger partial charge in [0, 0.05) is 12.1 Å². The van der Waals surface area contributed by atoms with Gasteiger partial charge in [-0.3, -0.25) is 0 Å². The lowest BCUT2D eigenvalue weighted by Gasteiger charge is -2.17. The first-order chi connectivity index (χ1) is 11.2. The van der Waals surface area contributed by atoms with Gasteiger partial charge in [-0.25, -0.2) is 4.98 Å². The number of aliphatic hydroxyl groups excluding tert-OH is 1. The molecule has 0 saturated carbocycles. The Balaban J connectivity index is 1.97. The first kappa shape index (κ1) is 15.3. The van der Waals surface area contributed by atoms with Crippen molar-refractivity contribution >= 4 is 0 Å². The molecule has 0 aliphatic heterocycles. The maximum atomic E-state index is 10.8. The molecule has 1 aromatic heterocycles. The van der Waals surface area contributed by atoms with E-state index >= 15 is 0 Å². The predicted molar refractivity (Wildman–Crippen MR) is 89.6 cm³/mol. The molecule has 23 heavy (non-hydrogen) atoms. The van der Waals surface area contributed by atoms with E-state index < -0.39 is 6.10 Å². The summed E-state index contributed by atoms with van der Waals surface area (Å²) in [6, 6.07) is 17.7. The molecule has 0 spiro atoms. The van der Waals surface area contributed by atoms with Gasteiger partial charge in [-0.2, -0.15) is 0 Å². The van der Waals surface area contributed by atoms with Crippen LogP contribution >= 0.6 is 0 Å². The molecule has 0 radical (unpaired) electrons. The Labute approximate surface area is 136 Å². The van der Waals surface area contributed by atoms with Crippen LogP contribution in [0.25, 0.3) is 0 Å². The van der Waals surface area contributed by atoms with Crippen molar-refractivity contribution in [2.75, 3.05) is 7.11 Å². The molecule has 0 aliphatic rings. The third-order valence-electron chi connectivity index (χ3n) is 3.98. The number of para-hydroxylation sites is 1. The largest absolute Gasteiger partial charge is 0.496 e. The molecule has 1 atom stereocenters. The lowest BCUT2D eigenvalue weighted by atomic mass is 10.1. The van der Waals surface area contributed by atoms with E-state index in [0.717, 1.165) is 17.1 Å². The minimum atomic E-state index is -0.781. The van der Waals surface area contributed by atoms with E-state index in [1.165, 1.54) is 5.56 Å². The number of aliphatic hydroxyl groups is 1. The quantitative estimate of drug-likeness (QED) is 0.786. The highest BCUT2D eigenvalue weighted by Crippen LogP contribution is 2.30. The third-order valence-corrected chi connectivity index (χ3v) is 3.98. The van der Waals surface area contributed by atoms with Gasteiger partial charge in [0.2, 0.25) is 0 Å². The van der Waals surface area contributed by atoms with Crippen molar-refractivity contribution < 1.29 is 9.84 Å². The Morgan fingerprint density at radius 3 is 2.52 bits per heavy atom. The van der Waals surface area contributed by atoms with Crippen LogP contribution in [0.1, 0.15) is 28.7 Å². The van der Waals surface area contributed by atoms with Gasteiger partial charge >= 0.3 is 0 Å². The summed E-state index contributed by atoms with van der Waals surface area (Å²) in [5.74, 6) is 1.54. The highest BCUT2D eigenvalue weighted by atomic mass is 16.5. The summed E-state index contributed by atoms with van der Waals surface area (Å²) in [5.41, 5.74) is 2.67. The molecule has 3 aromatic rings. The van der Waals surface area contributed by atoms with Crippen molar-refractivity contribution in [2.24, 2.45) is 0 Å². The number of benzene rings is 2. The number of hydrogen-bond donors (Lipinski definition) is 1. The molecule has 0 unspecified atom stereocenters. The second-order valence-corrected chi connectivity index (χ2v) is 5.45. The number of aromatic nitrogens is 2. The molecule has 4 heteroatoms. The molecule has 0 fully saturated rings. The molecule has 4 nitrogen and oxygen atoms in total.